The van der Waals surface area contributed by atoms with Crippen LogP contribution in [-0.2, 0) is 15.6 Å². The number of amides is 1. The van der Waals surface area contributed by atoms with Gasteiger partial charge >= 0.3 is 0 Å². The summed E-state index contributed by atoms with van der Waals surface area (Å²) in [5, 5.41) is 0.175. The largest absolute Gasteiger partial charge is 0.400 e. The minimum atomic E-state index is -1.85. The molecule has 3 rings (SSSR count). The summed E-state index contributed by atoms with van der Waals surface area (Å²) in [5.41, 5.74) is 5.54. The van der Waals surface area contributed by atoms with Crippen LogP contribution in [-0.4, -0.2) is 39.5 Å². The van der Waals surface area contributed by atoms with Crippen LogP contribution >= 0.6 is 0 Å². The molecule has 1 aliphatic heterocycles. The lowest BCUT2D eigenvalue weighted by atomic mass is 9.96. The van der Waals surface area contributed by atoms with Gasteiger partial charge in [0.25, 0.3) is 0 Å². The molecule has 0 unspecified atom stereocenters. The van der Waals surface area contributed by atoms with Gasteiger partial charge in [0.2, 0.25) is 5.91 Å². The van der Waals surface area contributed by atoms with Crippen molar-refractivity contribution in [1.82, 2.24) is 4.98 Å². The second-order valence-electron chi connectivity index (χ2n) is 10.9. The van der Waals surface area contributed by atoms with Crippen LogP contribution in [0.15, 0.2) is 36.7 Å². The number of fused-ring (bicyclic) bond motifs is 1. The van der Waals surface area contributed by atoms with Gasteiger partial charge in [-0.25, -0.2) is 0 Å². The topological polar surface area (TPSA) is 45.7 Å². The van der Waals surface area contributed by atoms with E-state index in [4.69, 9.17) is 4.43 Å². The Morgan fingerprint density at radius 3 is 2.50 bits per heavy atom. The van der Waals surface area contributed by atoms with Crippen molar-refractivity contribution in [3.05, 3.63) is 42.2 Å². The summed E-state index contributed by atoms with van der Waals surface area (Å²) in [5.74, 6) is 0.693. The molecule has 0 fully saturated rings. The maximum Gasteiger partial charge on any atom is 0.227 e. The van der Waals surface area contributed by atoms with E-state index in [0.717, 1.165) is 35.5 Å². The SMILES string of the molecule is CC(C)CN(CO[Si](C)(C)C(C)(C)C)c1cncc(-c2ccc3c(c2)CCC(=O)N3C)c1. The lowest BCUT2D eigenvalue weighted by Gasteiger charge is -2.38. The molecule has 1 aromatic heterocycles. The van der Waals surface area contributed by atoms with Gasteiger partial charge in [-0.2, -0.15) is 0 Å². The van der Waals surface area contributed by atoms with Gasteiger partial charge in [-0.3, -0.25) is 9.78 Å². The van der Waals surface area contributed by atoms with Crippen molar-refractivity contribution >= 4 is 25.6 Å². The number of anilines is 2. The average molecular weight is 454 g/mol. The maximum atomic E-state index is 12.0. The van der Waals surface area contributed by atoms with Crippen LogP contribution < -0.4 is 9.80 Å². The highest BCUT2D eigenvalue weighted by atomic mass is 28.4. The number of carbonyl (C=O) groups is 1. The molecule has 174 valence electrons. The highest BCUT2D eigenvalue weighted by Gasteiger charge is 2.37. The van der Waals surface area contributed by atoms with Gasteiger partial charge in [0.1, 0.15) is 6.73 Å². The fourth-order valence-electron chi connectivity index (χ4n) is 3.72. The van der Waals surface area contributed by atoms with Gasteiger partial charge in [-0.15, -0.1) is 0 Å². The van der Waals surface area contributed by atoms with E-state index in [1.54, 1.807) is 4.90 Å². The third-order valence-electron chi connectivity index (χ3n) is 6.82. The Morgan fingerprint density at radius 2 is 1.84 bits per heavy atom. The minimum Gasteiger partial charge on any atom is -0.400 e. The normalized spacial score (nSPS) is 14.7. The molecule has 6 heteroatoms. The molecule has 1 aliphatic rings. The molecule has 0 saturated carbocycles. The molecule has 1 aromatic carbocycles. The van der Waals surface area contributed by atoms with E-state index in [-0.39, 0.29) is 10.9 Å². The van der Waals surface area contributed by atoms with Crippen molar-refractivity contribution in [2.24, 2.45) is 5.92 Å². The van der Waals surface area contributed by atoms with Gasteiger partial charge < -0.3 is 14.2 Å². The first-order valence-corrected chi connectivity index (χ1v) is 14.5. The van der Waals surface area contributed by atoms with E-state index in [1.165, 1.54) is 5.56 Å². The van der Waals surface area contributed by atoms with Gasteiger partial charge in [0, 0.05) is 37.5 Å². The van der Waals surface area contributed by atoms with Gasteiger partial charge in [0.05, 0.1) is 11.9 Å². The Bertz CT molecular complexity index is 966. The quantitative estimate of drug-likeness (QED) is 0.375. The number of benzene rings is 1. The predicted octanol–water partition coefficient (Wildman–Crippen LogP) is 6.10. The van der Waals surface area contributed by atoms with Crippen LogP contribution in [0.3, 0.4) is 0 Å². The molecular formula is C26H39N3O2Si. The van der Waals surface area contributed by atoms with E-state index < -0.39 is 8.32 Å². The maximum absolute atomic E-state index is 12.0. The molecule has 0 aliphatic carbocycles. The number of nitrogens with zero attached hydrogens (tertiary/aromatic N) is 3. The van der Waals surface area contributed by atoms with Crippen LogP contribution in [0.1, 0.15) is 46.6 Å². The fraction of sp³-hybridized carbons (Fsp3) is 0.538. The Hall–Kier alpha value is -2.18. The van der Waals surface area contributed by atoms with Gasteiger partial charge in [0.15, 0.2) is 8.32 Å². The number of pyridine rings is 1. The number of hydrogen-bond donors (Lipinski definition) is 0. The first kappa shape index (κ1) is 24.5. The molecule has 0 N–H and O–H groups in total. The van der Waals surface area contributed by atoms with Crippen LogP contribution in [0, 0.1) is 5.92 Å². The van der Waals surface area contributed by atoms with E-state index in [9.17, 15) is 4.79 Å². The number of aromatic nitrogens is 1. The van der Waals surface area contributed by atoms with Crippen molar-refractivity contribution in [3.8, 4) is 11.1 Å². The fourth-order valence-corrected chi connectivity index (χ4v) is 4.64. The van der Waals surface area contributed by atoms with Gasteiger partial charge in [-0.1, -0.05) is 40.7 Å². The molecule has 0 spiro atoms. The van der Waals surface area contributed by atoms with E-state index in [2.05, 4.69) is 81.9 Å². The average Bonchev–Trinajstić information content (AvgIpc) is 2.72. The van der Waals surface area contributed by atoms with Crippen LogP contribution in [0.25, 0.3) is 11.1 Å². The standard InChI is InChI=1S/C26H39N3O2Si/c1-19(2)17-29(18-31-32(7,8)26(3,4)5)23-14-22(15-27-16-23)20-9-11-24-21(13-20)10-12-25(30)28(24)6/h9,11,13-16,19H,10,12,17-18H2,1-8H3. The highest BCUT2D eigenvalue weighted by molar-refractivity contribution is 6.74. The summed E-state index contributed by atoms with van der Waals surface area (Å²) in [6, 6.07) is 8.57. The molecule has 0 saturated heterocycles. The molecule has 2 heterocycles. The van der Waals surface area contributed by atoms with Crippen LogP contribution in [0.5, 0.6) is 0 Å². The lowest BCUT2D eigenvalue weighted by molar-refractivity contribution is -0.118. The van der Waals surface area contributed by atoms with Gasteiger partial charge in [-0.05, 0) is 59.8 Å². The van der Waals surface area contributed by atoms with Crippen molar-refractivity contribution < 1.29 is 9.22 Å². The predicted molar refractivity (Wildman–Crippen MR) is 137 cm³/mol. The second-order valence-corrected chi connectivity index (χ2v) is 15.7. The minimum absolute atomic E-state index is 0.175. The summed E-state index contributed by atoms with van der Waals surface area (Å²) >= 11 is 0. The Morgan fingerprint density at radius 1 is 1.12 bits per heavy atom. The van der Waals surface area contributed by atoms with Crippen molar-refractivity contribution in [1.29, 1.82) is 0 Å². The van der Waals surface area contributed by atoms with Crippen LogP contribution in [0.4, 0.5) is 11.4 Å². The lowest BCUT2D eigenvalue weighted by Crippen LogP contribution is -2.44. The summed E-state index contributed by atoms with van der Waals surface area (Å²) in [4.78, 5) is 20.7. The number of carbonyl (C=O) groups excluding carboxylic acids is 1. The van der Waals surface area contributed by atoms with Crippen molar-refractivity contribution in [2.45, 2.75) is 65.6 Å². The summed E-state index contributed by atoms with van der Waals surface area (Å²) < 4.78 is 6.55. The Balaban J connectivity index is 1.87. The molecule has 5 nitrogen and oxygen atoms in total. The zero-order chi connectivity index (χ0) is 23.7. The smallest absolute Gasteiger partial charge is 0.227 e. The summed E-state index contributed by atoms with van der Waals surface area (Å²) in [7, 11) is 0.00344. The highest BCUT2D eigenvalue weighted by Crippen LogP contribution is 2.37. The van der Waals surface area contributed by atoms with Crippen LogP contribution in [0.2, 0.25) is 18.1 Å². The third kappa shape index (κ3) is 5.41. The first-order chi connectivity index (χ1) is 14.9. The molecule has 0 bridgehead atoms. The number of hydrogen-bond acceptors (Lipinski definition) is 4. The third-order valence-corrected chi connectivity index (χ3v) is 11.3. The zero-order valence-corrected chi connectivity index (χ0v) is 22.0. The molecule has 32 heavy (non-hydrogen) atoms. The van der Waals surface area contributed by atoms with E-state index >= 15 is 0 Å². The monoisotopic (exact) mass is 453 g/mol. The summed E-state index contributed by atoms with van der Waals surface area (Å²) in [6.07, 6.45) is 5.22. The molecule has 1 amide bonds. The molecular weight excluding hydrogens is 414 g/mol. The van der Waals surface area contributed by atoms with E-state index in [1.807, 2.05) is 19.4 Å². The molecule has 0 radical (unpaired) electrons. The zero-order valence-electron chi connectivity index (χ0n) is 21.0. The Labute approximate surface area is 194 Å². The molecule has 2 aromatic rings. The second kappa shape index (κ2) is 9.36. The van der Waals surface area contributed by atoms with Crippen molar-refractivity contribution in [3.63, 3.8) is 0 Å². The van der Waals surface area contributed by atoms with E-state index in [0.29, 0.717) is 19.1 Å². The van der Waals surface area contributed by atoms with Crippen molar-refractivity contribution in [2.75, 3.05) is 30.1 Å². The Kier molecular flexibility index (Phi) is 7.15. The summed E-state index contributed by atoms with van der Waals surface area (Å²) in [6.45, 7) is 17.4. The molecule has 0 atom stereocenters. The number of aryl methyl sites for hydroxylation is 1. The number of rotatable bonds is 7. The first-order valence-electron chi connectivity index (χ1n) is 11.6.